The first-order valence-electron chi connectivity index (χ1n) is 18.7. The second-order valence-electron chi connectivity index (χ2n) is 13.2. The van der Waals surface area contributed by atoms with Crippen LogP contribution >= 0.6 is 0 Å². The predicted octanol–water partition coefficient (Wildman–Crippen LogP) is 9.13. The maximum absolute atomic E-state index is 14.9. The van der Waals surface area contributed by atoms with Crippen LogP contribution in [0.3, 0.4) is 0 Å². The molecule has 2 atom stereocenters. The summed E-state index contributed by atoms with van der Waals surface area (Å²) in [6.45, 7) is 2.11. The summed E-state index contributed by atoms with van der Waals surface area (Å²) in [5.74, 6) is 0.350. The lowest BCUT2D eigenvalue weighted by Crippen LogP contribution is -2.41. The molecule has 1 N–H and O–H groups in total. The lowest BCUT2D eigenvalue weighted by molar-refractivity contribution is -0.162. The summed E-state index contributed by atoms with van der Waals surface area (Å²) in [5, 5.41) is 13.7. The van der Waals surface area contributed by atoms with Gasteiger partial charge in [-0.05, 0) is 64.6 Å². The number of carbonyl (C=O) groups is 1. The van der Waals surface area contributed by atoms with E-state index in [-0.39, 0.29) is 42.4 Å². The fourth-order valence-corrected chi connectivity index (χ4v) is 6.94. The summed E-state index contributed by atoms with van der Waals surface area (Å²) >= 11 is 0. The van der Waals surface area contributed by atoms with E-state index in [1.54, 1.807) is 31.2 Å². The summed E-state index contributed by atoms with van der Waals surface area (Å²) in [5.41, 5.74) is 2.05. The van der Waals surface area contributed by atoms with Crippen molar-refractivity contribution in [3.63, 3.8) is 0 Å². The maximum Gasteiger partial charge on any atom is 0.347 e. The van der Waals surface area contributed by atoms with Gasteiger partial charge in [0.2, 0.25) is 5.60 Å². The summed E-state index contributed by atoms with van der Waals surface area (Å²) in [7, 11) is 6.05. The van der Waals surface area contributed by atoms with Crippen LogP contribution in [-0.2, 0) is 37.8 Å². The molecular weight excluding hydrogens is 721 g/mol. The zero-order valence-electron chi connectivity index (χ0n) is 32.8. The molecule has 0 bridgehead atoms. The molecule has 294 valence electrons. The van der Waals surface area contributed by atoms with Gasteiger partial charge < -0.3 is 38.3 Å². The molecule has 0 saturated carbocycles. The van der Waals surface area contributed by atoms with E-state index < -0.39 is 23.8 Å². The van der Waals surface area contributed by atoms with Gasteiger partial charge >= 0.3 is 5.97 Å². The number of aliphatic hydroxyl groups is 1. The standard InChI is InChI=1S/C48H48O9/c1-6-55-47(49)48(50,39-29-43(53-4)41(51-2)27-37(39)45(35-23-15-9-16-24-35)56-31-33-19-11-7-12-20-33)40-30-44(54-5)42(52-3)28-38(40)46(36-25-17-10-18-26-36)57-32-34-21-13-8-14-22-34/h7-30,45-46,50H,6,31-32H2,1-5H3. The highest BCUT2D eigenvalue weighted by atomic mass is 16.6. The van der Waals surface area contributed by atoms with Crippen LogP contribution in [-0.4, -0.2) is 46.1 Å². The van der Waals surface area contributed by atoms with Crippen LogP contribution < -0.4 is 18.9 Å². The second-order valence-corrected chi connectivity index (χ2v) is 13.2. The summed E-state index contributed by atoms with van der Waals surface area (Å²) in [4.78, 5) is 14.9. The molecule has 0 amide bonds. The number of methoxy groups -OCH3 is 4. The number of ether oxygens (including phenoxy) is 7. The van der Waals surface area contributed by atoms with Crippen molar-refractivity contribution in [3.05, 3.63) is 190 Å². The molecule has 0 fully saturated rings. The van der Waals surface area contributed by atoms with E-state index in [9.17, 15) is 9.90 Å². The van der Waals surface area contributed by atoms with E-state index in [4.69, 9.17) is 33.2 Å². The molecule has 6 rings (SSSR count). The fourth-order valence-electron chi connectivity index (χ4n) is 6.94. The number of carbonyl (C=O) groups excluding carboxylic acids is 1. The molecule has 9 heteroatoms. The van der Waals surface area contributed by atoms with Crippen LogP contribution in [0, 0.1) is 0 Å². The Balaban J connectivity index is 1.67. The molecule has 0 heterocycles. The molecule has 6 aromatic carbocycles. The first-order chi connectivity index (χ1) is 27.9. The number of esters is 1. The van der Waals surface area contributed by atoms with Crippen molar-refractivity contribution in [1.82, 2.24) is 0 Å². The Morgan fingerprint density at radius 2 is 0.860 bits per heavy atom. The van der Waals surface area contributed by atoms with Crippen molar-refractivity contribution in [2.45, 2.75) is 37.9 Å². The third kappa shape index (κ3) is 8.97. The lowest BCUT2D eigenvalue weighted by Gasteiger charge is -2.35. The molecule has 0 radical (unpaired) electrons. The largest absolute Gasteiger partial charge is 0.493 e. The first-order valence-corrected chi connectivity index (χ1v) is 18.7. The second kappa shape index (κ2) is 19.1. The third-order valence-corrected chi connectivity index (χ3v) is 9.75. The van der Waals surface area contributed by atoms with Crippen LogP contribution in [0.2, 0.25) is 0 Å². The Morgan fingerprint density at radius 1 is 0.526 bits per heavy atom. The monoisotopic (exact) mass is 768 g/mol. The summed E-state index contributed by atoms with van der Waals surface area (Å²) < 4.78 is 42.7. The van der Waals surface area contributed by atoms with Gasteiger partial charge in [-0.3, -0.25) is 0 Å². The van der Waals surface area contributed by atoms with Gasteiger partial charge in [0.05, 0.1) is 48.3 Å². The Morgan fingerprint density at radius 3 is 1.19 bits per heavy atom. The third-order valence-electron chi connectivity index (χ3n) is 9.75. The molecular formula is C48H48O9. The maximum atomic E-state index is 14.9. The van der Waals surface area contributed by atoms with E-state index >= 15 is 0 Å². The predicted molar refractivity (Wildman–Crippen MR) is 218 cm³/mol. The van der Waals surface area contributed by atoms with Crippen molar-refractivity contribution in [2.24, 2.45) is 0 Å². The van der Waals surface area contributed by atoms with E-state index in [1.165, 1.54) is 28.4 Å². The van der Waals surface area contributed by atoms with Gasteiger partial charge in [-0.25, -0.2) is 4.79 Å². The van der Waals surface area contributed by atoms with Crippen molar-refractivity contribution in [2.75, 3.05) is 35.0 Å². The Hall–Kier alpha value is -6.13. The number of hydrogen-bond acceptors (Lipinski definition) is 9. The highest BCUT2D eigenvalue weighted by Crippen LogP contribution is 2.49. The Kier molecular flexibility index (Phi) is 13.6. The molecule has 57 heavy (non-hydrogen) atoms. The van der Waals surface area contributed by atoms with Crippen LogP contribution in [0.4, 0.5) is 0 Å². The van der Waals surface area contributed by atoms with Crippen molar-refractivity contribution >= 4 is 5.97 Å². The Bertz CT molecular complexity index is 2050. The molecule has 6 aromatic rings. The van der Waals surface area contributed by atoms with Gasteiger partial charge in [0.15, 0.2) is 23.0 Å². The zero-order valence-corrected chi connectivity index (χ0v) is 32.8. The minimum absolute atomic E-state index is 0.0222. The van der Waals surface area contributed by atoms with Crippen LogP contribution in [0.1, 0.15) is 63.6 Å². The quantitative estimate of drug-likeness (QED) is 0.0859. The normalized spacial score (nSPS) is 13.2. The molecule has 0 saturated heterocycles. The summed E-state index contributed by atoms with van der Waals surface area (Å²) in [6, 6.07) is 45.4. The van der Waals surface area contributed by atoms with E-state index in [0.717, 1.165) is 22.3 Å². The van der Waals surface area contributed by atoms with E-state index in [2.05, 4.69) is 0 Å². The summed E-state index contributed by atoms with van der Waals surface area (Å²) in [6.07, 6.45) is -1.63. The zero-order chi connectivity index (χ0) is 40.2. The number of hydrogen-bond donors (Lipinski definition) is 1. The fraction of sp³-hybridized carbons (Fsp3) is 0.229. The molecule has 2 unspecified atom stereocenters. The van der Waals surface area contributed by atoms with Gasteiger partial charge in [-0.15, -0.1) is 0 Å². The van der Waals surface area contributed by atoms with E-state index in [1.807, 2.05) is 121 Å². The molecule has 0 aliphatic carbocycles. The molecule has 0 aliphatic rings. The molecule has 0 aliphatic heterocycles. The molecule has 9 nitrogen and oxygen atoms in total. The highest BCUT2D eigenvalue weighted by molar-refractivity contribution is 5.88. The molecule has 0 aromatic heterocycles. The average molecular weight is 769 g/mol. The average Bonchev–Trinajstić information content (AvgIpc) is 3.27. The van der Waals surface area contributed by atoms with Crippen LogP contribution in [0.25, 0.3) is 0 Å². The first kappa shape index (κ1) is 40.5. The van der Waals surface area contributed by atoms with Gasteiger partial charge in [0.1, 0.15) is 12.2 Å². The number of rotatable bonds is 18. The minimum Gasteiger partial charge on any atom is -0.493 e. The number of benzene rings is 6. The minimum atomic E-state index is -2.52. The van der Waals surface area contributed by atoms with Crippen LogP contribution in [0.15, 0.2) is 146 Å². The van der Waals surface area contributed by atoms with Gasteiger partial charge in [0, 0.05) is 11.1 Å². The van der Waals surface area contributed by atoms with Crippen molar-refractivity contribution in [3.8, 4) is 23.0 Å². The smallest absolute Gasteiger partial charge is 0.347 e. The van der Waals surface area contributed by atoms with Crippen molar-refractivity contribution < 1.29 is 43.1 Å². The van der Waals surface area contributed by atoms with E-state index in [0.29, 0.717) is 22.6 Å². The van der Waals surface area contributed by atoms with Crippen molar-refractivity contribution in [1.29, 1.82) is 0 Å². The Labute approximate surface area is 334 Å². The van der Waals surface area contributed by atoms with Gasteiger partial charge in [-0.2, -0.15) is 0 Å². The topological polar surface area (TPSA) is 102 Å². The molecule has 0 spiro atoms. The van der Waals surface area contributed by atoms with Gasteiger partial charge in [0.25, 0.3) is 0 Å². The highest BCUT2D eigenvalue weighted by Gasteiger charge is 2.48. The lowest BCUT2D eigenvalue weighted by atomic mass is 9.77. The van der Waals surface area contributed by atoms with Crippen LogP contribution in [0.5, 0.6) is 23.0 Å². The van der Waals surface area contributed by atoms with Gasteiger partial charge in [-0.1, -0.05) is 121 Å². The SMILES string of the molecule is CCOC(=O)C(O)(c1cc(OC)c(OC)cc1C(OCc1ccccc1)c1ccccc1)c1cc(OC)c(OC)cc1C(OCc1ccccc1)c1ccccc1.